The quantitative estimate of drug-likeness (QED) is 0.709. The van der Waals surface area contributed by atoms with E-state index in [0.717, 1.165) is 18.0 Å². The number of nitrogens with zero attached hydrogens (tertiary/aromatic N) is 1. The van der Waals surface area contributed by atoms with E-state index in [1.165, 1.54) is 64.6 Å². The molecule has 86 valence electrons. The second-order valence-corrected chi connectivity index (χ2v) is 5.68. The fourth-order valence-corrected chi connectivity index (χ4v) is 3.83. The topological polar surface area (TPSA) is 15.3 Å². The van der Waals surface area contributed by atoms with E-state index in [9.17, 15) is 0 Å². The zero-order valence-electron chi connectivity index (χ0n) is 9.75. The van der Waals surface area contributed by atoms with Crippen molar-refractivity contribution >= 4 is 0 Å². The van der Waals surface area contributed by atoms with Crippen LogP contribution >= 0.6 is 0 Å². The summed E-state index contributed by atoms with van der Waals surface area (Å²) in [5, 5.41) is 3.69. The zero-order valence-corrected chi connectivity index (χ0v) is 9.75. The lowest BCUT2D eigenvalue weighted by molar-refractivity contribution is 0.0955. The number of rotatable bonds is 1. The minimum absolute atomic E-state index is 0.834. The summed E-state index contributed by atoms with van der Waals surface area (Å²) in [6, 6.07) is 1.77. The van der Waals surface area contributed by atoms with Crippen molar-refractivity contribution in [2.24, 2.45) is 5.92 Å². The normalized spacial score (nSPS) is 39.2. The van der Waals surface area contributed by atoms with E-state index < -0.39 is 0 Å². The van der Waals surface area contributed by atoms with Gasteiger partial charge in [0.25, 0.3) is 0 Å². The molecular formula is C13H24N2. The van der Waals surface area contributed by atoms with Crippen LogP contribution in [0.4, 0.5) is 0 Å². The second kappa shape index (κ2) is 4.42. The van der Waals surface area contributed by atoms with Gasteiger partial charge in [0.15, 0.2) is 0 Å². The predicted molar refractivity (Wildman–Crippen MR) is 63.0 cm³/mol. The van der Waals surface area contributed by atoms with Crippen molar-refractivity contribution in [2.75, 3.05) is 19.6 Å². The van der Waals surface area contributed by atoms with Crippen LogP contribution in [0, 0.1) is 5.92 Å². The zero-order chi connectivity index (χ0) is 10.1. The molecule has 0 amide bonds. The van der Waals surface area contributed by atoms with Gasteiger partial charge in [-0.05, 0) is 44.7 Å². The minimum Gasteiger partial charge on any atom is -0.312 e. The summed E-state index contributed by atoms with van der Waals surface area (Å²) < 4.78 is 0. The molecule has 2 nitrogen and oxygen atoms in total. The third kappa shape index (κ3) is 2.07. The first-order valence-corrected chi connectivity index (χ1v) is 6.91. The Kier molecular flexibility index (Phi) is 2.98. The molecule has 3 aliphatic rings. The molecule has 0 bridgehead atoms. The van der Waals surface area contributed by atoms with E-state index >= 15 is 0 Å². The van der Waals surface area contributed by atoms with E-state index in [1.807, 2.05) is 0 Å². The van der Waals surface area contributed by atoms with Crippen molar-refractivity contribution in [3.8, 4) is 0 Å². The smallest absolute Gasteiger partial charge is 0.0224 e. The van der Waals surface area contributed by atoms with E-state index in [0.29, 0.717) is 0 Å². The molecule has 0 aromatic carbocycles. The lowest BCUT2D eigenvalue weighted by atomic mass is 9.88. The average molecular weight is 208 g/mol. The molecule has 1 N–H and O–H groups in total. The largest absolute Gasteiger partial charge is 0.312 e. The highest BCUT2D eigenvalue weighted by atomic mass is 15.2. The maximum Gasteiger partial charge on any atom is 0.0224 e. The molecule has 15 heavy (non-hydrogen) atoms. The van der Waals surface area contributed by atoms with Crippen LogP contribution in [0.3, 0.4) is 0 Å². The lowest BCUT2D eigenvalue weighted by Crippen LogP contribution is -2.50. The van der Waals surface area contributed by atoms with Gasteiger partial charge in [0.1, 0.15) is 0 Å². The van der Waals surface area contributed by atoms with Crippen LogP contribution in [0.2, 0.25) is 0 Å². The van der Waals surface area contributed by atoms with E-state index in [-0.39, 0.29) is 0 Å². The van der Waals surface area contributed by atoms with Crippen molar-refractivity contribution in [3.05, 3.63) is 0 Å². The third-order valence-corrected chi connectivity index (χ3v) is 4.80. The van der Waals surface area contributed by atoms with Crippen LogP contribution in [0.15, 0.2) is 0 Å². The Bertz CT molecular complexity index is 211. The average Bonchev–Trinajstić information content (AvgIpc) is 2.77. The molecule has 2 aliphatic heterocycles. The Hall–Kier alpha value is -0.0800. The van der Waals surface area contributed by atoms with E-state index in [2.05, 4.69) is 10.2 Å². The monoisotopic (exact) mass is 208 g/mol. The van der Waals surface area contributed by atoms with Gasteiger partial charge in [0, 0.05) is 18.6 Å². The van der Waals surface area contributed by atoms with Crippen LogP contribution in [-0.2, 0) is 0 Å². The summed E-state index contributed by atoms with van der Waals surface area (Å²) in [5.41, 5.74) is 0. The van der Waals surface area contributed by atoms with Gasteiger partial charge >= 0.3 is 0 Å². The fourth-order valence-electron chi connectivity index (χ4n) is 3.83. The SMILES string of the molecule is C1CCC(N2CCC3CCNC3C2)CC1. The summed E-state index contributed by atoms with van der Waals surface area (Å²) in [7, 11) is 0. The van der Waals surface area contributed by atoms with Crippen LogP contribution in [-0.4, -0.2) is 36.6 Å². The molecule has 1 aliphatic carbocycles. The molecule has 1 saturated carbocycles. The van der Waals surface area contributed by atoms with Gasteiger partial charge in [-0.1, -0.05) is 19.3 Å². The van der Waals surface area contributed by atoms with Gasteiger partial charge in [0.05, 0.1) is 0 Å². The number of piperidine rings is 1. The Balaban J connectivity index is 1.58. The van der Waals surface area contributed by atoms with Crippen molar-refractivity contribution in [1.82, 2.24) is 10.2 Å². The molecular weight excluding hydrogens is 184 g/mol. The first-order valence-electron chi connectivity index (χ1n) is 6.91. The molecule has 2 saturated heterocycles. The molecule has 3 rings (SSSR count). The molecule has 0 aromatic rings. The van der Waals surface area contributed by atoms with Crippen molar-refractivity contribution in [1.29, 1.82) is 0 Å². The first-order chi connectivity index (χ1) is 7.43. The van der Waals surface area contributed by atoms with Crippen molar-refractivity contribution < 1.29 is 0 Å². The maximum atomic E-state index is 3.69. The lowest BCUT2D eigenvalue weighted by Gasteiger charge is -2.41. The molecule has 2 heteroatoms. The molecule has 0 aromatic heterocycles. The summed E-state index contributed by atoms with van der Waals surface area (Å²) >= 11 is 0. The highest BCUT2D eigenvalue weighted by molar-refractivity contribution is 4.92. The molecule has 0 radical (unpaired) electrons. The standard InChI is InChI=1S/C13H24N2/c1-2-4-12(5-3-1)15-9-7-11-6-8-14-13(11)10-15/h11-14H,1-10H2. The summed E-state index contributed by atoms with van der Waals surface area (Å²) in [6.07, 6.45) is 10.3. The van der Waals surface area contributed by atoms with Crippen LogP contribution in [0.5, 0.6) is 0 Å². The van der Waals surface area contributed by atoms with Crippen LogP contribution < -0.4 is 5.32 Å². The van der Waals surface area contributed by atoms with Crippen molar-refractivity contribution in [3.63, 3.8) is 0 Å². The van der Waals surface area contributed by atoms with Gasteiger partial charge in [0.2, 0.25) is 0 Å². The number of nitrogens with one attached hydrogen (secondary N) is 1. The number of hydrogen-bond acceptors (Lipinski definition) is 2. The molecule has 0 spiro atoms. The van der Waals surface area contributed by atoms with Gasteiger partial charge in [-0.2, -0.15) is 0 Å². The summed E-state index contributed by atoms with van der Waals surface area (Å²) in [4.78, 5) is 2.79. The highest BCUT2D eigenvalue weighted by Crippen LogP contribution is 2.30. The Morgan fingerprint density at radius 2 is 1.80 bits per heavy atom. The molecule has 3 fully saturated rings. The third-order valence-electron chi connectivity index (χ3n) is 4.80. The first kappa shape index (κ1) is 10.1. The Morgan fingerprint density at radius 1 is 0.933 bits per heavy atom. The van der Waals surface area contributed by atoms with E-state index in [1.54, 1.807) is 0 Å². The van der Waals surface area contributed by atoms with Gasteiger partial charge in [-0.25, -0.2) is 0 Å². The van der Waals surface area contributed by atoms with Gasteiger partial charge < -0.3 is 5.32 Å². The number of fused-ring (bicyclic) bond motifs is 1. The summed E-state index contributed by atoms with van der Waals surface area (Å²) in [5.74, 6) is 1.00. The number of likely N-dealkylation sites (tertiary alicyclic amines) is 1. The highest BCUT2D eigenvalue weighted by Gasteiger charge is 2.35. The fraction of sp³-hybridized carbons (Fsp3) is 1.00. The van der Waals surface area contributed by atoms with Gasteiger partial charge in [-0.3, -0.25) is 4.90 Å². The van der Waals surface area contributed by atoms with Crippen molar-refractivity contribution in [2.45, 2.75) is 57.0 Å². The molecule has 2 unspecified atom stereocenters. The minimum atomic E-state index is 0.834. The molecule has 2 atom stereocenters. The van der Waals surface area contributed by atoms with E-state index in [4.69, 9.17) is 0 Å². The maximum absolute atomic E-state index is 3.69. The Morgan fingerprint density at radius 3 is 2.67 bits per heavy atom. The Labute approximate surface area is 93.4 Å². The predicted octanol–water partition coefficient (Wildman–Crippen LogP) is 2.00. The molecule has 2 heterocycles. The van der Waals surface area contributed by atoms with Gasteiger partial charge in [-0.15, -0.1) is 0 Å². The van der Waals surface area contributed by atoms with Crippen LogP contribution in [0.25, 0.3) is 0 Å². The number of hydrogen-bond donors (Lipinski definition) is 1. The second-order valence-electron chi connectivity index (χ2n) is 5.68. The van der Waals surface area contributed by atoms with Crippen LogP contribution in [0.1, 0.15) is 44.9 Å². The summed E-state index contributed by atoms with van der Waals surface area (Å²) in [6.45, 7) is 4.00.